The first-order valence-corrected chi connectivity index (χ1v) is 6.34. The smallest absolute Gasteiger partial charge is 0.302 e. The summed E-state index contributed by atoms with van der Waals surface area (Å²) in [5, 5.41) is 0. The summed E-state index contributed by atoms with van der Waals surface area (Å²) in [6.45, 7) is 6.53. The van der Waals surface area contributed by atoms with Gasteiger partial charge in [-0.05, 0) is 12.3 Å². The number of ether oxygens (including phenoxy) is 1. The Bertz CT molecular complexity index is 155. The summed E-state index contributed by atoms with van der Waals surface area (Å²) in [5.74, 6) is 0.597. The van der Waals surface area contributed by atoms with Crippen molar-refractivity contribution in [1.29, 1.82) is 0 Å². The molecule has 0 aromatic rings. The highest BCUT2D eigenvalue weighted by atomic mass is 16.5. The van der Waals surface area contributed by atoms with Crippen molar-refractivity contribution in [2.75, 3.05) is 6.61 Å². The van der Waals surface area contributed by atoms with E-state index >= 15 is 0 Å². The minimum Gasteiger partial charge on any atom is -0.466 e. The van der Waals surface area contributed by atoms with Gasteiger partial charge in [-0.25, -0.2) is 0 Å². The fourth-order valence-electron chi connectivity index (χ4n) is 1.89. The highest BCUT2D eigenvalue weighted by Crippen LogP contribution is 2.19. The molecule has 1 unspecified atom stereocenters. The molecule has 0 aliphatic carbocycles. The summed E-state index contributed by atoms with van der Waals surface area (Å²) < 4.78 is 4.99. The SMILES string of the molecule is CCCCCC(CCC)CCOC(C)=O. The lowest BCUT2D eigenvalue weighted by molar-refractivity contribution is -0.141. The van der Waals surface area contributed by atoms with E-state index in [0.29, 0.717) is 6.61 Å². The van der Waals surface area contributed by atoms with Gasteiger partial charge in [0, 0.05) is 6.92 Å². The number of rotatable bonds is 9. The second-order valence-electron chi connectivity index (χ2n) is 4.28. The number of unbranched alkanes of at least 4 members (excludes halogenated alkanes) is 2. The fourth-order valence-corrected chi connectivity index (χ4v) is 1.89. The van der Waals surface area contributed by atoms with Crippen LogP contribution in [0, 0.1) is 5.92 Å². The van der Waals surface area contributed by atoms with E-state index in [9.17, 15) is 4.79 Å². The van der Waals surface area contributed by atoms with E-state index in [0.717, 1.165) is 12.3 Å². The number of hydrogen-bond donors (Lipinski definition) is 0. The van der Waals surface area contributed by atoms with Crippen LogP contribution in [0.5, 0.6) is 0 Å². The van der Waals surface area contributed by atoms with Crippen LogP contribution in [0.3, 0.4) is 0 Å². The Kier molecular flexibility index (Phi) is 9.65. The highest BCUT2D eigenvalue weighted by molar-refractivity contribution is 5.65. The maximum atomic E-state index is 10.6. The summed E-state index contributed by atoms with van der Waals surface area (Å²) >= 11 is 0. The van der Waals surface area contributed by atoms with Crippen molar-refractivity contribution >= 4 is 5.97 Å². The third-order valence-corrected chi connectivity index (χ3v) is 2.74. The Morgan fingerprint density at radius 1 is 1.07 bits per heavy atom. The zero-order valence-corrected chi connectivity index (χ0v) is 10.6. The van der Waals surface area contributed by atoms with Crippen LogP contribution in [0.15, 0.2) is 0 Å². The molecule has 0 radical (unpaired) electrons. The Labute approximate surface area is 94.4 Å². The molecule has 0 aliphatic rings. The van der Waals surface area contributed by atoms with Gasteiger partial charge in [-0.2, -0.15) is 0 Å². The number of esters is 1. The molecular weight excluding hydrogens is 188 g/mol. The topological polar surface area (TPSA) is 26.3 Å². The van der Waals surface area contributed by atoms with Gasteiger partial charge in [-0.3, -0.25) is 4.79 Å². The Hall–Kier alpha value is -0.530. The largest absolute Gasteiger partial charge is 0.466 e. The molecule has 0 amide bonds. The van der Waals surface area contributed by atoms with Gasteiger partial charge in [0.2, 0.25) is 0 Å². The maximum Gasteiger partial charge on any atom is 0.302 e. The summed E-state index contributed by atoms with van der Waals surface area (Å²) in [6.07, 6.45) is 8.76. The van der Waals surface area contributed by atoms with E-state index in [1.807, 2.05) is 0 Å². The molecule has 0 aromatic carbocycles. The lowest BCUT2D eigenvalue weighted by Gasteiger charge is -2.15. The Morgan fingerprint density at radius 3 is 2.33 bits per heavy atom. The van der Waals surface area contributed by atoms with Crippen LogP contribution < -0.4 is 0 Å². The molecule has 0 spiro atoms. The summed E-state index contributed by atoms with van der Waals surface area (Å²) in [4.78, 5) is 10.6. The Morgan fingerprint density at radius 2 is 1.80 bits per heavy atom. The average Bonchev–Trinajstić information content (AvgIpc) is 2.17. The van der Waals surface area contributed by atoms with Gasteiger partial charge in [0.25, 0.3) is 0 Å². The molecule has 0 aromatic heterocycles. The molecule has 90 valence electrons. The number of carbonyl (C=O) groups excluding carboxylic acids is 1. The van der Waals surface area contributed by atoms with Crippen LogP contribution in [-0.4, -0.2) is 12.6 Å². The molecule has 0 rings (SSSR count). The zero-order chi connectivity index (χ0) is 11.5. The van der Waals surface area contributed by atoms with E-state index in [-0.39, 0.29) is 5.97 Å². The molecule has 0 saturated heterocycles. The zero-order valence-electron chi connectivity index (χ0n) is 10.6. The standard InChI is InChI=1S/C13H26O2/c1-4-6-7-9-13(8-5-2)10-11-15-12(3)14/h13H,4-11H2,1-3H3. The molecule has 0 bridgehead atoms. The second-order valence-corrected chi connectivity index (χ2v) is 4.28. The van der Waals surface area contributed by atoms with E-state index in [1.165, 1.54) is 45.4 Å². The molecular formula is C13H26O2. The van der Waals surface area contributed by atoms with Gasteiger partial charge in [-0.1, -0.05) is 52.4 Å². The van der Waals surface area contributed by atoms with Gasteiger partial charge in [0.15, 0.2) is 0 Å². The van der Waals surface area contributed by atoms with Crippen LogP contribution in [0.25, 0.3) is 0 Å². The van der Waals surface area contributed by atoms with Crippen LogP contribution >= 0.6 is 0 Å². The van der Waals surface area contributed by atoms with Gasteiger partial charge >= 0.3 is 5.97 Å². The molecule has 0 N–H and O–H groups in total. The molecule has 0 aliphatic heterocycles. The van der Waals surface area contributed by atoms with Crippen molar-refractivity contribution in [2.24, 2.45) is 5.92 Å². The first-order valence-electron chi connectivity index (χ1n) is 6.34. The summed E-state index contributed by atoms with van der Waals surface area (Å²) in [6, 6.07) is 0. The molecule has 0 fully saturated rings. The lowest BCUT2D eigenvalue weighted by atomic mass is 9.94. The molecule has 15 heavy (non-hydrogen) atoms. The third-order valence-electron chi connectivity index (χ3n) is 2.74. The van der Waals surface area contributed by atoms with Crippen LogP contribution in [-0.2, 0) is 9.53 Å². The maximum absolute atomic E-state index is 10.6. The lowest BCUT2D eigenvalue weighted by Crippen LogP contribution is -2.08. The fraction of sp³-hybridized carbons (Fsp3) is 0.923. The minimum atomic E-state index is -0.154. The minimum absolute atomic E-state index is 0.154. The van der Waals surface area contributed by atoms with Crippen molar-refractivity contribution < 1.29 is 9.53 Å². The van der Waals surface area contributed by atoms with Crippen molar-refractivity contribution in [3.63, 3.8) is 0 Å². The highest BCUT2D eigenvalue weighted by Gasteiger charge is 2.07. The van der Waals surface area contributed by atoms with E-state index in [4.69, 9.17) is 4.74 Å². The second kappa shape index (κ2) is 10.0. The monoisotopic (exact) mass is 214 g/mol. The third kappa shape index (κ3) is 9.77. The van der Waals surface area contributed by atoms with Crippen molar-refractivity contribution in [3.05, 3.63) is 0 Å². The first kappa shape index (κ1) is 14.5. The summed E-state index contributed by atoms with van der Waals surface area (Å²) in [7, 11) is 0. The first-order chi connectivity index (χ1) is 7.20. The quantitative estimate of drug-likeness (QED) is 0.429. The van der Waals surface area contributed by atoms with Gasteiger partial charge < -0.3 is 4.74 Å². The Balaban J connectivity index is 3.57. The van der Waals surface area contributed by atoms with E-state index in [1.54, 1.807) is 0 Å². The van der Waals surface area contributed by atoms with Gasteiger partial charge in [-0.15, -0.1) is 0 Å². The van der Waals surface area contributed by atoms with E-state index in [2.05, 4.69) is 13.8 Å². The van der Waals surface area contributed by atoms with Gasteiger partial charge in [0.1, 0.15) is 0 Å². The predicted molar refractivity (Wildman–Crippen MR) is 63.8 cm³/mol. The molecule has 0 heterocycles. The molecule has 0 saturated carbocycles. The summed E-state index contributed by atoms with van der Waals surface area (Å²) in [5.41, 5.74) is 0. The molecule has 1 atom stereocenters. The number of hydrogen-bond acceptors (Lipinski definition) is 2. The normalized spacial score (nSPS) is 12.5. The van der Waals surface area contributed by atoms with Crippen molar-refractivity contribution in [3.8, 4) is 0 Å². The number of carbonyl (C=O) groups is 1. The molecule has 2 nitrogen and oxygen atoms in total. The van der Waals surface area contributed by atoms with Crippen molar-refractivity contribution in [1.82, 2.24) is 0 Å². The van der Waals surface area contributed by atoms with Crippen LogP contribution in [0.4, 0.5) is 0 Å². The van der Waals surface area contributed by atoms with Crippen molar-refractivity contribution in [2.45, 2.75) is 65.7 Å². The van der Waals surface area contributed by atoms with Crippen LogP contribution in [0.2, 0.25) is 0 Å². The molecule has 2 heteroatoms. The average molecular weight is 214 g/mol. The predicted octanol–water partition coefficient (Wildman–Crippen LogP) is 3.94. The van der Waals surface area contributed by atoms with E-state index < -0.39 is 0 Å². The van der Waals surface area contributed by atoms with Crippen LogP contribution in [0.1, 0.15) is 65.7 Å². The van der Waals surface area contributed by atoms with Gasteiger partial charge in [0.05, 0.1) is 6.61 Å².